The molecule has 5 nitrogen and oxygen atoms in total. The summed E-state index contributed by atoms with van der Waals surface area (Å²) >= 11 is 13.9. The van der Waals surface area contributed by atoms with E-state index in [0.717, 1.165) is 37.2 Å². The Kier molecular flexibility index (Phi) is 6.95. The Labute approximate surface area is 174 Å². The molecule has 1 unspecified atom stereocenters. The highest BCUT2D eigenvalue weighted by Gasteiger charge is 2.44. The molecule has 2 heterocycles. The largest absolute Gasteiger partial charge is 0.354 e. The molecule has 8 heteroatoms. The van der Waals surface area contributed by atoms with Gasteiger partial charge in [0.15, 0.2) is 0 Å². The number of carbonyl (C=O) groups is 2. The molecule has 1 aromatic carbocycles. The standard InChI is InChI=1S/C19H25Cl2N3O2S/c1-2-17(25)24-9-6-19(7-10-24)23-16(12-27-19)18(26)22-8-5-13-3-4-14(20)11-15(13)21/h3-4,11,16,23H,2,5-10,12H2,1H3,(H,22,26). The van der Waals surface area contributed by atoms with Gasteiger partial charge in [-0.3, -0.25) is 14.9 Å². The lowest BCUT2D eigenvalue weighted by molar-refractivity contribution is -0.132. The minimum atomic E-state index is -0.191. The molecule has 0 saturated carbocycles. The van der Waals surface area contributed by atoms with Crippen molar-refractivity contribution in [2.75, 3.05) is 25.4 Å². The molecule has 148 valence electrons. The van der Waals surface area contributed by atoms with Gasteiger partial charge in [-0.25, -0.2) is 0 Å². The number of nitrogens with zero attached hydrogens (tertiary/aromatic N) is 1. The first-order chi connectivity index (χ1) is 12.9. The fraction of sp³-hybridized carbons (Fsp3) is 0.579. The summed E-state index contributed by atoms with van der Waals surface area (Å²) in [4.78, 5) is 26.2. The van der Waals surface area contributed by atoms with Crippen molar-refractivity contribution in [1.82, 2.24) is 15.5 Å². The van der Waals surface area contributed by atoms with E-state index in [1.54, 1.807) is 12.1 Å². The van der Waals surface area contributed by atoms with Crippen LogP contribution in [0.4, 0.5) is 0 Å². The van der Waals surface area contributed by atoms with Crippen LogP contribution in [0, 0.1) is 0 Å². The molecule has 3 rings (SSSR count). The number of carbonyl (C=O) groups excluding carboxylic acids is 2. The molecule has 1 spiro atoms. The van der Waals surface area contributed by atoms with Gasteiger partial charge in [-0.05, 0) is 37.0 Å². The van der Waals surface area contributed by atoms with E-state index in [1.165, 1.54) is 0 Å². The van der Waals surface area contributed by atoms with Crippen LogP contribution in [0.15, 0.2) is 18.2 Å². The molecule has 2 aliphatic heterocycles. The van der Waals surface area contributed by atoms with Crippen LogP contribution in [0.5, 0.6) is 0 Å². The van der Waals surface area contributed by atoms with Gasteiger partial charge in [0, 0.05) is 41.9 Å². The number of nitrogens with one attached hydrogen (secondary N) is 2. The van der Waals surface area contributed by atoms with E-state index in [4.69, 9.17) is 23.2 Å². The second-order valence-electron chi connectivity index (χ2n) is 7.01. The van der Waals surface area contributed by atoms with Gasteiger partial charge in [0.2, 0.25) is 11.8 Å². The quantitative estimate of drug-likeness (QED) is 0.754. The van der Waals surface area contributed by atoms with Crippen molar-refractivity contribution in [3.05, 3.63) is 33.8 Å². The summed E-state index contributed by atoms with van der Waals surface area (Å²) < 4.78 is 0. The summed E-state index contributed by atoms with van der Waals surface area (Å²) in [5.74, 6) is 0.995. The molecule has 0 radical (unpaired) electrons. The van der Waals surface area contributed by atoms with Crippen LogP contribution in [0.1, 0.15) is 31.7 Å². The van der Waals surface area contributed by atoms with Gasteiger partial charge in [-0.15, -0.1) is 11.8 Å². The topological polar surface area (TPSA) is 61.4 Å². The van der Waals surface area contributed by atoms with E-state index >= 15 is 0 Å². The van der Waals surface area contributed by atoms with E-state index in [9.17, 15) is 9.59 Å². The van der Waals surface area contributed by atoms with Crippen LogP contribution in [0.2, 0.25) is 10.0 Å². The maximum absolute atomic E-state index is 12.5. The highest BCUT2D eigenvalue weighted by Crippen LogP contribution is 2.39. The van der Waals surface area contributed by atoms with Crippen molar-refractivity contribution in [2.45, 2.75) is 43.5 Å². The number of thioether (sulfide) groups is 1. The minimum absolute atomic E-state index is 0.0246. The normalized spacial score (nSPS) is 21.4. The molecule has 1 aromatic rings. The monoisotopic (exact) mass is 429 g/mol. The van der Waals surface area contributed by atoms with Crippen LogP contribution in [0.25, 0.3) is 0 Å². The van der Waals surface area contributed by atoms with Crippen LogP contribution in [-0.4, -0.2) is 53.0 Å². The predicted molar refractivity (Wildman–Crippen MR) is 111 cm³/mol. The third-order valence-electron chi connectivity index (χ3n) is 5.22. The van der Waals surface area contributed by atoms with Gasteiger partial charge in [0.25, 0.3) is 0 Å². The van der Waals surface area contributed by atoms with E-state index in [-0.39, 0.29) is 22.7 Å². The van der Waals surface area contributed by atoms with Crippen molar-refractivity contribution < 1.29 is 9.59 Å². The summed E-state index contributed by atoms with van der Waals surface area (Å²) in [6.45, 7) is 3.95. The number of halogens is 2. The minimum Gasteiger partial charge on any atom is -0.354 e. The molecular weight excluding hydrogens is 405 g/mol. The second kappa shape index (κ2) is 9.03. The van der Waals surface area contributed by atoms with Crippen molar-refractivity contribution in [3.63, 3.8) is 0 Å². The Morgan fingerprint density at radius 3 is 2.74 bits per heavy atom. The third kappa shape index (κ3) is 5.11. The molecule has 0 bridgehead atoms. The van der Waals surface area contributed by atoms with Gasteiger partial charge in [-0.1, -0.05) is 36.2 Å². The Morgan fingerprint density at radius 1 is 1.33 bits per heavy atom. The lowest BCUT2D eigenvalue weighted by atomic mass is 10.0. The Hall–Kier alpha value is -0.950. The first-order valence-corrected chi connectivity index (χ1v) is 11.1. The molecule has 2 fully saturated rings. The van der Waals surface area contributed by atoms with Crippen molar-refractivity contribution in [1.29, 1.82) is 0 Å². The van der Waals surface area contributed by atoms with Crippen molar-refractivity contribution >= 4 is 46.8 Å². The van der Waals surface area contributed by atoms with E-state index in [0.29, 0.717) is 29.4 Å². The zero-order chi connectivity index (χ0) is 19.4. The number of amides is 2. The zero-order valence-electron chi connectivity index (χ0n) is 15.4. The van der Waals surface area contributed by atoms with Gasteiger partial charge >= 0.3 is 0 Å². The summed E-state index contributed by atoms with van der Waals surface area (Å²) in [6, 6.07) is 5.22. The van der Waals surface area contributed by atoms with Crippen LogP contribution >= 0.6 is 35.0 Å². The number of hydrogen-bond donors (Lipinski definition) is 2. The first kappa shape index (κ1) is 20.8. The Bertz CT molecular complexity index is 708. The van der Waals surface area contributed by atoms with Crippen molar-refractivity contribution in [2.24, 2.45) is 0 Å². The third-order valence-corrected chi connectivity index (χ3v) is 7.38. The molecule has 0 aliphatic carbocycles. The van der Waals surface area contributed by atoms with Gasteiger partial charge in [0.05, 0.1) is 10.9 Å². The van der Waals surface area contributed by atoms with E-state index in [1.807, 2.05) is 29.7 Å². The van der Waals surface area contributed by atoms with Crippen molar-refractivity contribution in [3.8, 4) is 0 Å². The smallest absolute Gasteiger partial charge is 0.238 e. The highest BCUT2D eigenvalue weighted by atomic mass is 35.5. The number of rotatable bonds is 5. The second-order valence-corrected chi connectivity index (χ2v) is 9.26. The summed E-state index contributed by atoms with van der Waals surface area (Å²) in [5, 5.41) is 7.75. The number of likely N-dealkylation sites (tertiary alicyclic amines) is 1. The molecule has 2 amide bonds. The number of hydrogen-bond acceptors (Lipinski definition) is 4. The molecule has 2 N–H and O–H groups in total. The zero-order valence-corrected chi connectivity index (χ0v) is 17.7. The Balaban J connectivity index is 1.45. The molecule has 27 heavy (non-hydrogen) atoms. The molecule has 2 aliphatic rings. The van der Waals surface area contributed by atoms with Gasteiger partial charge in [0.1, 0.15) is 0 Å². The molecule has 0 aromatic heterocycles. The highest BCUT2D eigenvalue weighted by molar-refractivity contribution is 8.01. The lowest BCUT2D eigenvalue weighted by Crippen LogP contribution is -2.54. The fourth-order valence-electron chi connectivity index (χ4n) is 3.58. The van der Waals surface area contributed by atoms with Crippen LogP contribution < -0.4 is 10.6 Å². The van der Waals surface area contributed by atoms with Crippen LogP contribution in [0.3, 0.4) is 0 Å². The van der Waals surface area contributed by atoms with Gasteiger partial charge < -0.3 is 10.2 Å². The van der Waals surface area contributed by atoms with E-state index < -0.39 is 0 Å². The first-order valence-electron chi connectivity index (χ1n) is 9.33. The van der Waals surface area contributed by atoms with Crippen LogP contribution in [-0.2, 0) is 16.0 Å². The average Bonchev–Trinajstić information content (AvgIpc) is 3.07. The summed E-state index contributed by atoms with van der Waals surface area (Å²) in [7, 11) is 0. The van der Waals surface area contributed by atoms with E-state index in [2.05, 4.69) is 10.6 Å². The Morgan fingerprint density at radius 2 is 2.07 bits per heavy atom. The maximum atomic E-state index is 12.5. The molecule has 1 atom stereocenters. The number of benzene rings is 1. The molecular formula is C19H25Cl2N3O2S. The summed E-state index contributed by atoms with van der Waals surface area (Å²) in [5.41, 5.74) is 0.972. The SMILES string of the molecule is CCC(=O)N1CCC2(CC1)NC(C(=O)NCCc1ccc(Cl)cc1Cl)CS2. The summed E-state index contributed by atoms with van der Waals surface area (Å²) in [6.07, 6.45) is 2.98. The average molecular weight is 430 g/mol. The fourth-order valence-corrected chi connectivity index (χ4v) is 5.50. The molecule has 2 saturated heterocycles. The lowest BCUT2D eigenvalue weighted by Gasteiger charge is -2.39. The number of piperidine rings is 1. The van der Waals surface area contributed by atoms with Gasteiger partial charge in [-0.2, -0.15) is 0 Å². The maximum Gasteiger partial charge on any atom is 0.238 e. The predicted octanol–water partition coefficient (Wildman–Crippen LogP) is 3.09.